The molecule has 1 unspecified atom stereocenters. The van der Waals surface area contributed by atoms with Crippen LogP contribution in [0.1, 0.15) is 23.3 Å². The Balaban J connectivity index is 0.00000256. The zero-order valence-corrected chi connectivity index (χ0v) is 17.1. The van der Waals surface area contributed by atoms with E-state index in [9.17, 15) is 19.7 Å². The molecule has 2 aliphatic rings. The van der Waals surface area contributed by atoms with Crippen molar-refractivity contribution in [2.45, 2.75) is 18.9 Å². The molecule has 1 atom stereocenters. The maximum atomic E-state index is 13.0. The van der Waals surface area contributed by atoms with E-state index in [0.29, 0.717) is 31.9 Å². The van der Waals surface area contributed by atoms with Crippen molar-refractivity contribution in [2.75, 3.05) is 32.7 Å². The molecule has 2 aliphatic heterocycles. The minimum absolute atomic E-state index is 0. The molecule has 0 bridgehead atoms. The number of amides is 2. The van der Waals surface area contributed by atoms with E-state index in [-0.39, 0.29) is 41.6 Å². The number of nitro benzene ring substituents is 1. The fraction of sp³-hybridized carbons (Fsp3) is 0.421. The summed E-state index contributed by atoms with van der Waals surface area (Å²) >= 11 is 0. The van der Waals surface area contributed by atoms with Crippen LogP contribution in [0.4, 0.5) is 5.69 Å². The van der Waals surface area contributed by atoms with Gasteiger partial charge in [-0.2, -0.15) is 5.10 Å². The lowest BCUT2D eigenvalue weighted by atomic mass is 10.0. The molecule has 160 valence electrons. The molecule has 0 aliphatic carbocycles. The van der Waals surface area contributed by atoms with Gasteiger partial charge in [0.15, 0.2) is 5.69 Å². The van der Waals surface area contributed by atoms with Gasteiger partial charge < -0.3 is 15.1 Å². The highest BCUT2D eigenvalue weighted by molar-refractivity contribution is 5.92. The van der Waals surface area contributed by atoms with Gasteiger partial charge in [0.05, 0.1) is 11.5 Å². The van der Waals surface area contributed by atoms with Crippen molar-refractivity contribution < 1.29 is 14.5 Å². The largest absolute Gasteiger partial charge is 0.336 e. The number of nitro groups is 1. The smallest absolute Gasteiger partial charge is 0.294 e. The van der Waals surface area contributed by atoms with Crippen molar-refractivity contribution in [3.63, 3.8) is 0 Å². The Hall–Kier alpha value is -2.98. The Morgan fingerprint density at radius 2 is 2.03 bits per heavy atom. The van der Waals surface area contributed by atoms with Gasteiger partial charge in [-0.3, -0.25) is 19.7 Å². The van der Waals surface area contributed by atoms with Crippen molar-refractivity contribution in [3.8, 4) is 5.69 Å². The van der Waals surface area contributed by atoms with Gasteiger partial charge in [-0.25, -0.2) is 4.68 Å². The minimum atomic E-state index is -0.474. The molecule has 1 N–H and O–H groups in total. The molecular weight excluding hydrogens is 412 g/mol. The van der Waals surface area contributed by atoms with Gasteiger partial charge in [-0.15, -0.1) is 12.4 Å². The first-order valence-electron chi connectivity index (χ1n) is 9.63. The number of carbonyl (C=O) groups excluding carboxylic acids is 2. The number of likely N-dealkylation sites (tertiary alicyclic amines) is 1. The van der Waals surface area contributed by atoms with E-state index >= 15 is 0 Å². The minimum Gasteiger partial charge on any atom is -0.336 e. The number of aromatic nitrogens is 2. The average Bonchev–Trinajstić information content (AvgIpc) is 3.24. The van der Waals surface area contributed by atoms with Crippen LogP contribution in [-0.4, -0.2) is 75.1 Å². The van der Waals surface area contributed by atoms with Crippen molar-refractivity contribution in [3.05, 3.63) is 52.3 Å². The summed E-state index contributed by atoms with van der Waals surface area (Å²) < 4.78 is 1.35. The standard InChI is InChI=1S/C19H22N6O4.ClH/c26-18-12-20-8-11-23(18)14-4-3-9-22(13-14)19(27)15-7-10-24(21-15)16-5-1-2-6-17(16)25(28)29;/h1-2,5-7,10,14,20H,3-4,8-9,11-13H2;1H. The maximum Gasteiger partial charge on any atom is 0.294 e. The van der Waals surface area contributed by atoms with E-state index in [1.165, 1.54) is 10.7 Å². The first-order chi connectivity index (χ1) is 14.0. The second-order valence-corrected chi connectivity index (χ2v) is 7.20. The van der Waals surface area contributed by atoms with Crippen LogP contribution in [0, 0.1) is 10.1 Å². The number of benzene rings is 1. The number of nitrogens with one attached hydrogen (secondary N) is 1. The third-order valence-corrected chi connectivity index (χ3v) is 5.38. The molecule has 0 spiro atoms. The molecule has 4 rings (SSSR count). The van der Waals surface area contributed by atoms with Crippen molar-refractivity contribution in [1.82, 2.24) is 24.9 Å². The van der Waals surface area contributed by atoms with Crippen LogP contribution in [0.25, 0.3) is 5.69 Å². The van der Waals surface area contributed by atoms with E-state index in [4.69, 9.17) is 0 Å². The van der Waals surface area contributed by atoms with E-state index in [0.717, 1.165) is 19.4 Å². The Bertz CT molecular complexity index is 949. The van der Waals surface area contributed by atoms with Gasteiger partial charge in [0, 0.05) is 44.5 Å². The van der Waals surface area contributed by atoms with Crippen LogP contribution in [0.15, 0.2) is 36.5 Å². The van der Waals surface area contributed by atoms with Crippen LogP contribution < -0.4 is 5.32 Å². The second-order valence-electron chi connectivity index (χ2n) is 7.20. The Morgan fingerprint density at radius 3 is 2.80 bits per heavy atom. The lowest BCUT2D eigenvalue weighted by Gasteiger charge is -2.40. The molecule has 10 nitrogen and oxygen atoms in total. The van der Waals surface area contributed by atoms with E-state index in [1.54, 1.807) is 35.4 Å². The number of nitrogens with zero attached hydrogens (tertiary/aromatic N) is 5. The molecular formula is C19H23ClN6O4. The highest BCUT2D eigenvalue weighted by atomic mass is 35.5. The van der Waals surface area contributed by atoms with Crippen LogP contribution in [0.3, 0.4) is 0 Å². The van der Waals surface area contributed by atoms with Gasteiger partial charge in [-0.1, -0.05) is 12.1 Å². The number of piperazine rings is 1. The van der Waals surface area contributed by atoms with E-state index in [2.05, 4.69) is 10.4 Å². The molecule has 3 heterocycles. The lowest BCUT2D eigenvalue weighted by Crippen LogP contribution is -2.57. The SMILES string of the molecule is Cl.O=C(c1ccn(-c2ccccc2[N+](=O)[O-])n1)N1CCCC(N2CCNCC2=O)C1. The first kappa shape index (κ1) is 21.7. The highest BCUT2D eigenvalue weighted by Crippen LogP contribution is 2.23. The number of piperidine rings is 1. The summed E-state index contributed by atoms with van der Waals surface area (Å²) in [6, 6.07) is 7.84. The van der Waals surface area contributed by atoms with Crippen LogP contribution >= 0.6 is 12.4 Å². The molecule has 2 fully saturated rings. The molecule has 2 aromatic rings. The predicted octanol–water partition coefficient (Wildman–Crippen LogP) is 1.24. The second kappa shape index (κ2) is 9.23. The van der Waals surface area contributed by atoms with Gasteiger partial charge in [0.25, 0.3) is 11.6 Å². The summed E-state index contributed by atoms with van der Waals surface area (Å²) in [6.07, 6.45) is 3.25. The van der Waals surface area contributed by atoms with Crippen LogP contribution in [0.5, 0.6) is 0 Å². The van der Waals surface area contributed by atoms with Crippen molar-refractivity contribution in [1.29, 1.82) is 0 Å². The maximum absolute atomic E-state index is 13.0. The summed E-state index contributed by atoms with van der Waals surface area (Å²) in [5, 5.41) is 18.6. The molecule has 1 aromatic carbocycles. The zero-order valence-electron chi connectivity index (χ0n) is 16.3. The monoisotopic (exact) mass is 434 g/mol. The number of rotatable bonds is 4. The molecule has 11 heteroatoms. The molecule has 2 amide bonds. The van der Waals surface area contributed by atoms with Crippen molar-refractivity contribution >= 4 is 29.9 Å². The molecule has 0 saturated carbocycles. The van der Waals surface area contributed by atoms with E-state index in [1.807, 2.05) is 4.90 Å². The molecule has 2 saturated heterocycles. The number of hydrogen-bond acceptors (Lipinski definition) is 6. The number of hydrogen-bond donors (Lipinski definition) is 1. The fourth-order valence-electron chi connectivity index (χ4n) is 3.95. The van der Waals surface area contributed by atoms with Gasteiger partial charge in [0.2, 0.25) is 5.91 Å². The molecule has 1 aromatic heterocycles. The fourth-order valence-corrected chi connectivity index (χ4v) is 3.95. The first-order valence-corrected chi connectivity index (χ1v) is 9.63. The zero-order chi connectivity index (χ0) is 20.4. The van der Waals surface area contributed by atoms with Crippen molar-refractivity contribution in [2.24, 2.45) is 0 Å². The summed E-state index contributed by atoms with van der Waals surface area (Å²) in [6.45, 7) is 2.83. The summed E-state index contributed by atoms with van der Waals surface area (Å²) in [4.78, 5) is 39.5. The predicted molar refractivity (Wildman–Crippen MR) is 111 cm³/mol. The normalized spacial score (nSPS) is 19.3. The number of halogens is 1. The number of carbonyl (C=O) groups is 2. The van der Waals surface area contributed by atoms with Gasteiger partial charge >= 0.3 is 0 Å². The average molecular weight is 435 g/mol. The quantitative estimate of drug-likeness (QED) is 0.572. The van der Waals surface area contributed by atoms with Crippen LogP contribution in [-0.2, 0) is 4.79 Å². The molecule has 0 radical (unpaired) electrons. The van der Waals surface area contributed by atoms with E-state index < -0.39 is 4.92 Å². The topological polar surface area (TPSA) is 114 Å². The van der Waals surface area contributed by atoms with Gasteiger partial charge in [0.1, 0.15) is 5.69 Å². The summed E-state index contributed by atoms with van der Waals surface area (Å²) in [7, 11) is 0. The third-order valence-electron chi connectivity index (χ3n) is 5.38. The third kappa shape index (κ3) is 4.29. The highest BCUT2D eigenvalue weighted by Gasteiger charge is 2.32. The number of para-hydroxylation sites is 2. The Kier molecular flexibility index (Phi) is 6.68. The summed E-state index contributed by atoms with van der Waals surface area (Å²) in [5.74, 6) is -0.161. The lowest BCUT2D eigenvalue weighted by molar-refractivity contribution is -0.384. The Labute approximate surface area is 179 Å². The van der Waals surface area contributed by atoms with Gasteiger partial charge in [-0.05, 0) is 25.0 Å². The Morgan fingerprint density at radius 1 is 1.23 bits per heavy atom. The summed E-state index contributed by atoms with van der Waals surface area (Å²) in [5.41, 5.74) is 0.458. The van der Waals surface area contributed by atoms with Crippen LogP contribution in [0.2, 0.25) is 0 Å². The molecule has 30 heavy (non-hydrogen) atoms.